The molecule has 49 heavy (non-hydrogen) atoms. The number of halogens is 4. The van der Waals surface area contributed by atoms with Crippen molar-refractivity contribution in [3.63, 3.8) is 0 Å². The Balaban J connectivity index is 1.14. The fraction of sp³-hybridized carbons (Fsp3) is 0.515. The first-order valence-corrected chi connectivity index (χ1v) is 16.9. The number of anilines is 1. The van der Waals surface area contributed by atoms with Gasteiger partial charge in [-0.1, -0.05) is 41.9 Å². The summed E-state index contributed by atoms with van der Waals surface area (Å²) in [7, 11) is 0. The first-order valence-electron chi connectivity index (χ1n) is 16.6. The standard InChI is InChI=1S/C33H40ClF3N8O4/c34-26-19-21(18-25(28(26)38)33(35,36)37)20-27(30(46)43-16-14-42(15-17-43)23-6-10-39-11-7-23)49-32(48)44-12-8-24(9-13-44)45-31(47)40-29(41-45)22-4-2-1-3-5-22/h1-5,18-19,23-24,27,39H,6-17,20,38H2,(H,40,41,47)/t27-/m1/s1. The summed E-state index contributed by atoms with van der Waals surface area (Å²) >= 11 is 6.09. The van der Waals surface area contributed by atoms with E-state index in [1.807, 2.05) is 30.3 Å². The molecule has 1 aromatic heterocycles. The van der Waals surface area contributed by atoms with E-state index in [0.29, 0.717) is 50.9 Å². The number of nitrogens with one attached hydrogen (secondary N) is 2. The van der Waals surface area contributed by atoms with E-state index in [-0.39, 0.29) is 41.8 Å². The maximum absolute atomic E-state index is 13.9. The number of carbonyl (C=O) groups excluding carboxylic acids is 2. The molecule has 16 heteroatoms. The number of likely N-dealkylation sites (tertiary alicyclic amines) is 1. The number of hydrogen-bond acceptors (Lipinski definition) is 8. The number of alkyl halides is 3. The number of carbonyl (C=O) groups is 2. The summed E-state index contributed by atoms with van der Waals surface area (Å²) in [4.78, 5) is 48.3. The molecule has 3 aromatic rings. The molecule has 0 aliphatic carbocycles. The molecule has 0 saturated carbocycles. The third-order valence-electron chi connectivity index (χ3n) is 9.64. The number of piperazine rings is 1. The van der Waals surface area contributed by atoms with Gasteiger partial charge < -0.3 is 25.6 Å². The van der Waals surface area contributed by atoms with Gasteiger partial charge >= 0.3 is 18.0 Å². The summed E-state index contributed by atoms with van der Waals surface area (Å²) in [5, 5.41) is 7.53. The minimum atomic E-state index is -4.77. The van der Waals surface area contributed by atoms with E-state index in [4.69, 9.17) is 22.1 Å². The van der Waals surface area contributed by atoms with E-state index in [9.17, 15) is 27.6 Å². The van der Waals surface area contributed by atoms with Crippen LogP contribution in [-0.2, 0) is 22.1 Å². The summed E-state index contributed by atoms with van der Waals surface area (Å²) in [5.74, 6) is -0.0342. The highest BCUT2D eigenvalue weighted by molar-refractivity contribution is 6.33. The highest BCUT2D eigenvalue weighted by Gasteiger charge is 2.37. The van der Waals surface area contributed by atoms with Crippen LogP contribution in [0.3, 0.4) is 0 Å². The molecule has 3 aliphatic rings. The van der Waals surface area contributed by atoms with E-state index in [1.165, 1.54) is 15.6 Å². The third-order valence-corrected chi connectivity index (χ3v) is 9.95. The summed E-state index contributed by atoms with van der Waals surface area (Å²) in [6, 6.07) is 11.5. The van der Waals surface area contributed by atoms with Crippen molar-refractivity contribution in [3.05, 3.63) is 69.1 Å². The maximum atomic E-state index is 13.9. The molecule has 2 amide bonds. The van der Waals surface area contributed by atoms with Crippen LogP contribution in [0.15, 0.2) is 47.3 Å². The van der Waals surface area contributed by atoms with Crippen molar-refractivity contribution >= 4 is 29.3 Å². The lowest BCUT2D eigenvalue weighted by Gasteiger charge is -2.41. The molecular weight excluding hydrogens is 665 g/mol. The number of nitrogens with two attached hydrogens (primary N) is 1. The molecule has 1 atom stereocenters. The van der Waals surface area contributed by atoms with Crippen molar-refractivity contribution in [2.24, 2.45) is 0 Å². The van der Waals surface area contributed by atoms with Crippen molar-refractivity contribution in [3.8, 4) is 11.4 Å². The molecule has 6 rings (SSSR count). The van der Waals surface area contributed by atoms with E-state index < -0.39 is 35.5 Å². The summed E-state index contributed by atoms with van der Waals surface area (Å²) in [5.41, 5.74) is 4.39. The zero-order valence-electron chi connectivity index (χ0n) is 26.9. The molecule has 0 radical (unpaired) electrons. The van der Waals surface area contributed by atoms with Gasteiger partial charge in [0.05, 0.1) is 22.3 Å². The van der Waals surface area contributed by atoms with Crippen molar-refractivity contribution in [2.75, 3.05) is 58.1 Å². The molecule has 12 nitrogen and oxygen atoms in total. The zero-order valence-corrected chi connectivity index (χ0v) is 27.7. The number of aromatic amines is 1. The molecule has 0 unspecified atom stereocenters. The number of benzene rings is 2. The Morgan fingerprint density at radius 2 is 1.63 bits per heavy atom. The number of aromatic nitrogens is 3. The first-order chi connectivity index (χ1) is 23.5. The Kier molecular flexibility index (Phi) is 10.5. The molecule has 3 saturated heterocycles. The van der Waals surface area contributed by atoms with Crippen LogP contribution in [0.25, 0.3) is 11.4 Å². The lowest BCUT2D eigenvalue weighted by molar-refractivity contribution is -0.143. The number of rotatable bonds is 7. The van der Waals surface area contributed by atoms with E-state index in [2.05, 4.69) is 20.3 Å². The van der Waals surface area contributed by atoms with Crippen LogP contribution in [0.2, 0.25) is 5.02 Å². The van der Waals surface area contributed by atoms with Crippen LogP contribution < -0.4 is 16.7 Å². The van der Waals surface area contributed by atoms with Gasteiger partial charge in [0.2, 0.25) is 0 Å². The summed E-state index contributed by atoms with van der Waals surface area (Å²) in [6.07, 6.45) is -4.37. The normalized spacial score (nSPS) is 19.2. The second kappa shape index (κ2) is 14.8. The Morgan fingerprint density at radius 3 is 2.29 bits per heavy atom. The number of nitrogen functional groups attached to an aromatic ring is 1. The zero-order chi connectivity index (χ0) is 34.7. The van der Waals surface area contributed by atoms with Gasteiger partial charge in [0.25, 0.3) is 5.91 Å². The van der Waals surface area contributed by atoms with Crippen molar-refractivity contribution in [2.45, 2.75) is 56.5 Å². The van der Waals surface area contributed by atoms with Gasteiger partial charge in [-0.15, -0.1) is 5.10 Å². The van der Waals surface area contributed by atoms with Crippen molar-refractivity contribution < 1.29 is 27.5 Å². The minimum Gasteiger partial charge on any atom is -0.436 e. The van der Waals surface area contributed by atoms with Gasteiger partial charge in [0, 0.05) is 57.3 Å². The molecule has 0 bridgehead atoms. The smallest absolute Gasteiger partial charge is 0.418 e. The predicted molar refractivity (Wildman–Crippen MR) is 177 cm³/mol. The SMILES string of the molecule is Nc1c(Cl)cc(C[C@@H](OC(=O)N2CCC(n3nc(-c4ccccc4)[nH]c3=O)CC2)C(=O)N2CCN(C3CCNCC3)CC2)cc1C(F)(F)F. The van der Waals surface area contributed by atoms with Crippen LogP contribution in [0.5, 0.6) is 0 Å². The van der Waals surface area contributed by atoms with E-state index in [0.717, 1.165) is 37.6 Å². The summed E-state index contributed by atoms with van der Waals surface area (Å²) < 4.78 is 48.5. The molecule has 4 N–H and O–H groups in total. The number of piperidine rings is 2. The minimum absolute atomic E-state index is 0.0665. The van der Waals surface area contributed by atoms with Crippen LogP contribution >= 0.6 is 11.6 Å². The molecule has 2 aromatic carbocycles. The average Bonchev–Trinajstić information content (AvgIpc) is 3.51. The highest BCUT2D eigenvalue weighted by atomic mass is 35.5. The highest BCUT2D eigenvalue weighted by Crippen LogP contribution is 2.38. The number of ether oxygens (including phenoxy) is 1. The fourth-order valence-electron chi connectivity index (χ4n) is 6.90. The second-order valence-electron chi connectivity index (χ2n) is 12.8. The van der Waals surface area contributed by atoms with Crippen molar-refractivity contribution in [1.29, 1.82) is 0 Å². The largest absolute Gasteiger partial charge is 0.436 e. The topological polar surface area (TPSA) is 142 Å². The Labute approximate surface area is 286 Å². The van der Waals surface area contributed by atoms with Crippen molar-refractivity contribution in [1.82, 2.24) is 34.8 Å². The van der Waals surface area contributed by atoms with Crippen LogP contribution in [0.4, 0.5) is 23.7 Å². The van der Waals surface area contributed by atoms with Gasteiger partial charge in [0.1, 0.15) is 0 Å². The number of nitrogens with zero attached hydrogens (tertiary/aromatic N) is 5. The Hall–Kier alpha value is -4.08. The van der Waals surface area contributed by atoms with Crippen LogP contribution in [-0.4, -0.2) is 106 Å². The maximum Gasteiger partial charge on any atom is 0.418 e. The second-order valence-corrected chi connectivity index (χ2v) is 13.2. The first kappa shape index (κ1) is 34.8. The van der Waals surface area contributed by atoms with Crippen LogP contribution in [0, 0.1) is 0 Å². The Morgan fingerprint density at radius 1 is 0.959 bits per heavy atom. The number of H-pyrrole nitrogens is 1. The van der Waals surface area contributed by atoms with Gasteiger partial charge in [-0.05, 0) is 56.5 Å². The lowest BCUT2D eigenvalue weighted by Crippen LogP contribution is -2.56. The van der Waals surface area contributed by atoms with Gasteiger partial charge in [-0.3, -0.25) is 14.7 Å². The summed E-state index contributed by atoms with van der Waals surface area (Å²) in [6.45, 7) is 4.44. The molecule has 0 spiro atoms. The monoisotopic (exact) mass is 704 g/mol. The van der Waals surface area contributed by atoms with Gasteiger partial charge in [-0.25, -0.2) is 14.3 Å². The van der Waals surface area contributed by atoms with Gasteiger partial charge in [-0.2, -0.15) is 13.2 Å². The lowest BCUT2D eigenvalue weighted by atomic mass is 10.0. The van der Waals surface area contributed by atoms with E-state index >= 15 is 0 Å². The number of amides is 2. The molecule has 3 fully saturated rings. The molecule has 264 valence electrons. The molecule has 4 heterocycles. The third kappa shape index (κ3) is 8.05. The quantitative estimate of drug-likeness (QED) is 0.316. The van der Waals surface area contributed by atoms with Crippen LogP contribution in [0.1, 0.15) is 42.9 Å². The molecule has 3 aliphatic heterocycles. The predicted octanol–water partition coefficient (Wildman–Crippen LogP) is 3.77. The number of hydrogen-bond donors (Lipinski definition) is 3. The molecular formula is C33H40ClF3N8O4. The van der Waals surface area contributed by atoms with E-state index in [1.54, 1.807) is 4.90 Å². The Bertz CT molecular complexity index is 1680. The van der Waals surface area contributed by atoms with Gasteiger partial charge in [0.15, 0.2) is 11.9 Å². The fourth-order valence-corrected chi connectivity index (χ4v) is 7.14. The average molecular weight is 705 g/mol.